The monoisotopic (exact) mass is 254 g/mol. The van der Waals surface area contributed by atoms with Crippen molar-refractivity contribution < 1.29 is 4.74 Å². The van der Waals surface area contributed by atoms with Crippen LogP contribution in [0.2, 0.25) is 0 Å². The average molecular weight is 254 g/mol. The fraction of sp³-hybridized carbons (Fsp3) is 0.769. The summed E-state index contributed by atoms with van der Waals surface area (Å²) in [6.07, 6.45) is 2.98. The number of aryl methyl sites for hydroxylation is 1. The maximum Gasteiger partial charge on any atom is 0.107 e. The van der Waals surface area contributed by atoms with Crippen LogP contribution >= 0.6 is 11.3 Å². The Kier molecular flexibility index (Phi) is 3.31. The van der Waals surface area contributed by atoms with Crippen molar-refractivity contribution in [3.8, 4) is 0 Å². The van der Waals surface area contributed by atoms with Crippen LogP contribution in [0.1, 0.15) is 44.0 Å². The van der Waals surface area contributed by atoms with Gasteiger partial charge in [-0.3, -0.25) is 0 Å². The van der Waals surface area contributed by atoms with Crippen molar-refractivity contribution in [1.82, 2.24) is 10.3 Å². The van der Waals surface area contributed by atoms with Crippen molar-refractivity contribution in [2.75, 3.05) is 0 Å². The predicted molar refractivity (Wildman–Crippen MR) is 71.3 cm³/mol. The van der Waals surface area contributed by atoms with Gasteiger partial charge in [0.15, 0.2) is 0 Å². The van der Waals surface area contributed by atoms with Crippen LogP contribution in [-0.4, -0.2) is 22.2 Å². The normalized spacial score (nSPS) is 26.3. The Morgan fingerprint density at radius 2 is 2.18 bits per heavy atom. The SMILES string of the molecule is Cc1cnc(CNC2CC(C)(C)OC2(C)C)s1. The molecule has 2 rings (SSSR count). The Morgan fingerprint density at radius 1 is 1.47 bits per heavy atom. The Hall–Kier alpha value is -0.450. The van der Waals surface area contributed by atoms with Gasteiger partial charge in [0.1, 0.15) is 5.01 Å². The molecule has 96 valence electrons. The fourth-order valence-electron chi connectivity index (χ4n) is 2.57. The number of ether oxygens (including phenoxy) is 1. The summed E-state index contributed by atoms with van der Waals surface area (Å²) in [5.74, 6) is 0. The minimum atomic E-state index is -0.101. The number of rotatable bonds is 3. The molecule has 0 aliphatic carbocycles. The third-order valence-electron chi connectivity index (χ3n) is 3.24. The van der Waals surface area contributed by atoms with Gasteiger partial charge in [-0.1, -0.05) is 0 Å². The van der Waals surface area contributed by atoms with Gasteiger partial charge in [0.05, 0.1) is 11.2 Å². The zero-order chi connectivity index (χ0) is 12.7. The first-order chi connectivity index (χ1) is 7.78. The molecule has 3 nitrogen and oxygen atoms in total. The van der Waals surface area contributed by atoms with Crippen LogP contribution in [0.4, 0.5) is 0 Å². The van der Waals surface area contributed by atoms with Crippen LogP contribution in [0.25, 0.3) is 0 Å². The number of aromatic nitrogens is 1. The molecule has 1 atom stereocenters. The van der Waals surface area contributed by atoms with Crippen molar-refractivity contribution in [3.63, 3.8) is 0 Å². The van der Waals surface area contributed by atoms with Crippen molar-refractivity contribution in [2.24, 2.45) is 0 Å². The number of nitrogens with one attached hydrogen (secondary N) is 1. The minimum absolute atomic E-state index is 0.0278. The molecule has 1 unspecified atom stereocenters. The predicted octanol–water partition coefficient (Wildman–Crippen LogP) is 2.89. The van der Waals surface area contributed by atoms with Gasteiger partial charge in [-0.15, -0.1) is 11.3 Å². The lowest BCUT2D eigenvalue weighted by atomic mass is 9.94. The van der Waals surface area contributed by atoms with Crippen molar-refractivity contribution in [3.05, 3.63) is 16.1 Å². The molecule has 0 aromatic carbocycles. The molecule has 0 radical (unpaired) electrons. The van der Waals surface area contributed by atoms with E-state index in [4.69, 9.17) is 4.74 Å². The number of nitrogens with zero attached hydrogens (tertiary/aromatic N) is 1. The van der Waals surface area contributed by atoms with E-state index in [9.17, 15) is 0 Å². The molecule has 1 aliphatic rings. The topological polar surface area (TPSA) is 34.2 Å². The summed E-state index contributed by atoms with van der Waals surface area (Å²) in [6.45, 7) is 11.6. The molecule has 0 spiro atoms. The van der Waals surface area contributed by atoms with Gasteiger partial charge < -0.3 is 10.1 Å². The summed E-state index contributed by atoms with van der Waals surface area (Å²) < 4.78 is 6.06. The van der Waals surface area contributed by atoms with Crippen LogP contribution in [0.15, 0.2) is 6.20 Å². The van der Waals surface area contributed by atoms with Crippen LogP contribution in [0, 0.1) is 6.92 Å². The highest BCUT2D eigenvalue weighted by Gasteiger charge is 2.45. The summed E-state index contributed by atoms with van der Waals surface area (Å²) in [5.41, 5.74) is -0.129. The lowest BCUT2D eigenvalue weighted by Gasteiger charge is -2.27. The van der Waals surface area contributed by atoms with Gasteiger partial charge in [0.25, 0.3) is 0 Å². The first-order valence-electron chi connectivity index (χ1n) is 6.13. The molecule has 0 bridgehead atoms. The van der Waals surface area contributed by atoms with Crippen LogP contribution in [0.5, 0.6) is 0 Å². The number of hydrogen-bond donors (Lipinski definition) is 1. The highest BCUT2D eigenvalue weighted by Crippen LogP contribution is 2.37. The van der Waals surface area contributed by atoms with E-state index in [-0.39, 0.29) is 11.2 Å². The molecule has 1 saturated heterocycles. The maximum atomic E-state index is 6.06. The molecular formula is C13H22N2OS. The second kappa shape index (κ2) is 4.34. The van der Waals surface area contributed by atoms with Crippen LogP contribution in [-0.2, 0) is 11.3 Å². The Balaban J connectivity index is 1.95. The smallest absolute Gasteiger partial charge is 0.107 e. The van der Waals surface area contributed by atoms with Gasteiger partial charge >= 0.3 is 0 Å². The second-order valence-corrected chi connectivity index (χ2v) is 7.29. The summed E-state index contributed by atoms with van der Waals surface area (Å²) in [5, 5.41) is 4.74. The van der Waals surface area contributed by atoms with Gasteiger partial charge in [-0.05, 0) is 41.0 Å². The van der Waals surface area contributed by atoms with E-state index in [2.05, 4.69) is 44.9 Å². The standard InChI is InChI=1S/C13H22N2OS/c1-9-7-15-11(17-9)8-14-10-6-12(2,3)16-13(10,4)5/h7,10,14H,6,8H2,1-5H3. The molecule has 17 heavy (non-hydrogen) atoms. The van der Waals surface area contributed by atoms with Crippen LogP contribution in [0.3, 0.4) is 0 Å². The lowest BCUT2D eigenvalue weighted by Crippen LogP contribution is -2.42. The van der Waals surface area contributed by atoms with E-state index in [0.717, 1.165) is 18.0 Å². The molecule has 1 fully saturated rings. The Morgan fingerprint density at radius 3 is 2.65 bits per heavy atom. The molecule has 1 aromatic rings. The molecule has 1 aromatic heterocycles. The molecular weight excluding hydrogens is 232 g/mol. The quantitative estimate of drug-likeness (QED) is 0.900. The van der Waals surface area contributed by atoms with Crippen LogP contribution < -0.4 is 5.32 Å². The molecule has 1 N–H and O–H groups in total. The fourth-order valence-corrected chi connectivity index (χ4v) is 3.31. The first kappa shape index (κ1) is 13.0. The molecule has 2 heterocycles. The third kappa shape index (κ3) is 3.06. The van der Waals surface area contributed by atoms with E-state index >= 15 is 0 Å². The van der Waals surface area contributed by atoms with E-state index in [0.29, 0.717) is 6.04 Å². The highest BCUT2D eigenvalue weighted by atomic mass is 32.1. The lowest BCUT2D eigenvalue weighted by molar-refractivity contribution is -0.0699. The molecule has 4 heteroatoms. The van der Waals surface area contributed by atoms with Gasteiger partial charge in [-0.2, -0.15) is 0 Å². The van der Waals surface area contributed by atoms with E-state index < -0.39 is 0 Å². The van der Waals surface area contributed by atoms with E-state index in [1.54, 1.807) is 11.3 Å². The van der Waals surface area contributed by atoms with Crippen molar-refractivity contribution in [1.29, 1.82) is 0 Å². The summed E-state index contributed by atoms with van der Waals surface area (Å²) in [7, 11) is 0. The largest absolute Gasteiger partial charge is 0.368 e. The Bertz CT molecular complexity index is 398. The molecule has 1 aliphatic heterocycles. The van der Waals surface area contributed by atoms with E-state index in [1.165, 1.54) is 4.88 Å². The van der Waals surface area contributed by atoms with Crippen molar-refractivity contribution in [2.45, 2.75) is 64.8 Å². The zero-order valence-electron chi connectivity index (χ0n) is 11.3. The minimum Gasteiger partial charge on any atom is -0.368 e. The van der Waals surface area contributed by atoms with E-state index in [1.807, 2.05) is 6.20 Å². The summed E-state index contributed by atoms with van der Waals surface area (Å²) >= 11 is 1.76. The van der Waals surface area contributed by atoms with Gasteiger partial charge in [-0.25, -0.2) is 4.98 Å². The zero-order valence-corrected chi connectivity index (χ0v) is 12.1. The summed E-state index contributed by atoms with van der Waals surface area (Å²) in [6, 6.07) is 0.390. The second-order valence-electron chi connectivity index (χ2n) is 5.97. The first-order valence-corrected chi connectivity index (χ1v) is 6.95. The van der Waals surface area contributed by atoms with Gasteiger partial charge in [0, 0.05) is 23.7 Å². The summed E-state index contributed by atoms with van der Waals surface area (Å²) in [4.78, 5) is 5.64. The maximum absolute atomic E-state index is 6.06. The Labute approximate surface area is 108 Å². The van der Waals surface area contributed by atoms with Gasteiger partial charge in [0.2, 0.25) is 0 Å². The molecule has 0 saturated carbocycles. The average Bonchev–Trinajstić information content (AvgIpc) is 2.64. The third-order valence-corrected chi connectivity index (χ3v) is 4.16. The number of thiazole rings is 1. The highest BCUT2D eigenvalue weighted by molar-refractivity contribution is 7.11. The number of hydrogen-bond acceptors (Lipinski definition) is 4. The van der Waals surface area contributed by atoms with Crippen molar-refractivity contribution >= 4 is 11.3 Å². The molecule has 0 amide bonds.